The fraction of sp³-hybridized carbons (Fsp3) is 0.200. The molecule has 2 nitrogen and oxygen atoms in total. The second-order valence-corrected chi connectivity index (χ2v) is 1.37. The van der Waals surface area contributed by atoms with Crippen molar-refractivity contribution in [2.24, 2.45) is 0 Å². The lowest BCUT2D eigenvalue weighted by Crippen LogP contribution is -1.88. The molecular weight excluding hydrogens is 107 g/mol. The molecule has 0 saturated carbocycles. The molecule has 3 heteroatoms. The van der Waals surface area contributed by atoms with Crippen molar-refractivity contribution in [3.05, 3.63) is 24.0 Å². The van der Waals surface area contributed by atoms with Crippen molar-refractivity contribution in [2.45, 2.75) is 6.92 Å². The van der Waals surface area contributed by atoms with E-state index in [0.717, 1.165) is 6.07 Å². The molecule has 41 valence electrons. The highest BCUT2D eigenvalue weighted by Crippen LogP contribution is 1.88. The van der Waals surface area contributed by atoms with Crippen LogP contribution in [0.25, 0.3) is 0 Å². The molecule has 0 aliphatic rings. The molecule has 1 heterocycles. The lowest BCUT2D eigenvalue weighted by Gasteiger charge is -1.85. The van der Waals surface area contributed by atoms with E-state index < -0.39 is 5.95 Å². The van der Waals surface area contributed by atoms with Crippen LogP contribution in [0.15, 0.2) is 6.07 Å². The standard InChI is InChI=1S/C5H4FN2/c1-4-7-3-2-5(6)8-4/h2H,1H3. The molecule has 1 aromatic rings. The van der Waals surface area contributed by atoms with Gasteiger partial charge in [-0.05, 0) is 6.92 Å². The van der Waals surface area contributed by atoms with Gasteiger partial charge in [-0.2, -0.15) is 4.39 Å². The summed E-state index contributed by atoms with van der Waals surface area (Å²) in [4.78, 5) is 6.93. The van der Waals surface area contributed by atoms with E-state index in [0.29, 0.717) is 5.82 Å². The Hall–Kier alpha value is -0.990. The molecule has 1 rings (SSSR count). The van der Waals surface area contributed by atoms with Gasteiger partial charge in [0.1, 0.15) is 5.82 Å². The minimum absolute atomic E-state index is 0.407. The summed E-state index contributed by atoms with van der Waals surface area (Å²) in [5.74, 6) is -0.123. The molecule has 1 aromatic heterocycles. The molecule has 0 aromatic carbocycles. The van der Waals surface area contributed by atoms with Gasteiger partial charge in [-0.1, -0.05) is 0 Å². The van der Waals surface area contributed by atoms with Gasteiger partial charge in [0.2, 0.25) is 5.95 Å². The molecule has 0 spiro atoms. The largest absolute Gasteiger partial charge is 0.231 e. The summed E-state index contributed by atoms with van der Waals surface area (Å²) in [6, 6.07) is 1.09. The molecule has 1 radical (unpaired) electrons. The van der Waals surface area contributed by atoms with E-state index in [-0.39, 0.29) is 0 Å². The fourth-order valence-electron chi connectivity index (χ4n) is 0.391. The lowest BCUT2D eigenvalue weighted by molar-refractivity contribution is 0.573. The Labute approximate surface area is 46.4 Å². The second-order valence-electron chi connectivity index (χ2n) is 1.37. The first-order valence-corrected chi connectivity index (χ1v) is 2.16. The predicted octanol–water partition coefficient (Wildman–Crippen LogP) is 0.724. The summed E-state index contributed by atoms with van der Waals surface area (Å²) in [6.07, 6.45) is 2.34. The maximum Gasteiger partial charge on any atom is 0.216 e. The number of halogens is 1. The average molecular weight is 111 g/mol. The summed E-state index contributed by atoms with van der Waals surface area (Å²) < 4.78 is 12.0. The molecular formula is C5H4FN2. The highest BCUT2D eigenvalue weighted by atomic mass is 19.1. The van der Waals surface area contributed by atoms with Gasteiger partial charge >= 0.3 is 0 Å². The van der Waals surface area contributed by atoms with E-state index in [1.165, 1.54) is 0 Å². The third-order valence-electron chi connectivity index (χ3n) is 0.679. The maximum atomic E-state index is 12.0. The van der Waals surface area contributed by atoms with Crippen LogP contribution in [0.1, 0.15) is 5.82 Å². The number of hydrogen-bond donors (Lipinski definition) is 0. The normalized spacial score (nSPS) is 9.25. The van der Waals surface area contributed by atoms with Crippen LogP contribution in [-0.4, -0.2) is 9.97 Å². The lowest BCUT2D eigenvalue weighted by atomic mass is 10.6. The van der Waals surface area contributed by atoms with Crippen LogP contribution >= 0.6 is 0 Å². The first kappa shape index (κ1) is 5.15. The van der Waals surface area contributed by atoms with Gasteiger partial charge < -0.3 is 0 Å². The van der Waals surface area contributed by atoms with Crippen LogP contribution in [0.5, 0.6) is 0 Å². The highest BCUT2D eigenvalue weighted by molar-refractivity contribution is 4.85. The van der Waals surface area contributed by atoms with Crippen molar-refractivity contribution >= 4 is 0 Å². The second kappa shape index (κ2) is 1.86. The van der Waals surface area contributed by atoms with Gasteiger partial charge in [0.25, 0.3) is 0 Å². The summed E-state index contributed by atoms with van der Waals surface area (Å²) in [6.45, 7) is 1.61. The smallest absolute Gasteiger partial charge is 0.216 e. The monoisotopic (exact) mass is 111 g/mol. The van der Waals surface area contributed by atoms with E-state index in [1.807, 2.05) is 0 Å². The van der Waals surface area contributed by atoms with E-state index in [1.54, 1.807) is 6.92 Å². The van der Waals surface area contributed by atoms with Crippen LogP contribution in [0.2, 0.25) is 0 Å². The fourth-order valence-corrected chi connectivity index (χ4v) is 0.391. The van der Waals surface area contributed by atoms with Gasteiger partial charge in [0, 0.05) is 6.07 Å². The number of rotatable bonds is 0. The Kier molecular flexibility index (Phi) is 1.20. The van der Waals surface area contributed by atoms with Crippen LogP contribution in [0, 0.1) is 19.1 Å². The molecule has 8 heavy (non-hydrogen) atoms. The van der Waals surface area contributed by atoms with E-state index in [4.69, 9.17) is 0 Å². The number of nitrogens with zero attached hydrogens (tertiary/aromatic N) is 2. The first-order chi connectivity index (χ1) is 3.79. The van der Waals surface area contributed by atoms with Gasteiger partial charge in [-0.25, -0.2) is 9.97 Å². The topological polar surface area (TPSA) is 25.8 Å². The van der Waals surface area contributed by atoms with Gasteiger partial charge in [0.15, 0.2) is 0 Å². The van der Waals surface area contributed by atoms with Gasteiger partial charge in [0.05, 0.1) is 6.20 Å². The molecule has 0 aliphatic carbocycles. The first-order valence-electron chi connectivity index (χ1n) is 2.16. The van der Waals surface area contributed by atoms with Crippen LogP contribution in [0.4, 0.5) is 4.39 Å². The molecule has 0 aliphatic heterocycles. The third-order valence-corrected chi connectivity index (χ3v) is 0.679. The van der Waals surface area contributed by atoms with E-state index in [2.05, 4.69) is 16.2 Å². The summed E-state index contributed by atoms with van der Waals surface area (Å²) in [7, 11) is 0. The molecule has 0 amide bonds. The molecule has 0 unspecified atom stereocenters. The molecule has 0 atom stereocenters. The quantitative estimate of drug-likeness (QED) is 0.461. The highest BCUT2D eigenvalue weighted by Gasteiger charge is 1.88. The van der Waals surface area contributed by atoms with Crippen molar-refractivity contribution in [1.29, 1.82) is 0 Å². The van der Waals surface area contributed by atoms with E-state index >= 15 is 0 Å². The summed E-state index contributed by atoms with van der Waals surface area (Å²) in [5, 5.41) is 0. The summed E-state index contributed by atoms with van der Waals surface area (Å²) in [5.41, 5.74) is 0. The molecule has 0 bridgehead atoms. The van der Waals surface area contributed by atoms with Crippen LogP contribution < -0.4 is 0 Å². The van der Waals surface area contributed by atoms with Crippen molar-refractivity contribution in [2.75, 3.05) is 0 Å². The Morgan fingerprint density at radius 1 is 1.75 bits per heavy atom. The third kappa shape index (κ3) is 0.992. The molecule has 0 saturated heterocycles. The van der Waals surface area contributed by atoms with Gasteiger partial charge in [-0.15, -0.1) is 0 Å². The van der Waals surface area contributed by atoms with Crippen molar-refractivity contribution in [3.63, 3.8) is 0 Å². The Morgan fingerprint density at radius 2 is 2.50 bits per heavy atom. The zero-order chi connectivity index (χ0) is 5.98. The van der Waals surface area contributed by atoms with E-state index in [9.17, 15) is 4.39 Å². The number of hydrogen-bond acceptors (Lipinski definition) is 2. The SMILES string of the molecule is Cc1n[c]cc(F)n1. The Bertz CT molecular complexity index is 170. The van der Waals surface area contributed by atoms with Crippen LogP contribution in [0.3, 0.4) is 0 Å². The van der Waals surface area contributed by atoms with Crippen molar-refractivity contribution in [1.82, 2.24) is 9.97 Å². The van der Waals surface area contributed by atoms with Gasteiger partial charge in [-0.3, -0.25) is 0 Å². The Balaban J connectivity index is 3.08. The minimum Gasteiger partial charge on any atom is -0.231 e. The zero-order valence-corrected chi connectivity index (χ0v) is 4.35. The molecule has 0 fully saturated rings. The average Bonchev–Trinajstić information content (AvgIpc) is 1.64. The van der Waals surface area contributed by atoms with Crippen molar-refractivity contribution < 1.29 is 4.39 Å². The number of aryl methyl sites for hydroxylation is 1. The van der Waals surface area contributed by atoms with Crippen LogP contribution in [-0.2, 0) is 0 Å². The summed E-state index contributed by atoms with van der Waals surface area (Å²) >= 11 is 0. The minimum atomic E-state index is -0.530. The zero-order valence-electron chi connectivity index (χ0n) is 4.35. The number of aromatic nitrogens is 2. The predicted molar refractivity (Wildman–Crippen MR) is 25.6 cm³/mol. The molecule has 0 N–H and O–H groups in total. The maximum absolute atomic E-state index is 12.0. The van der Waals surface area contributed by atoms with Crippen molar-refractivity contribution in [3.8, 4) is 0 Å². The Morgan fingerprint density at radius 3 is 2.88 bits per heavy atom.